The number of aromatic amines is 1. The lowest BCUT2D eigenvalue weighted by molar-refractivity contribution is -0.133. The Hall–Kier alpha value is -3.79. The summed E-state index contributed by atoms with van der Waals surface area (Å²) in [6.07, 6.45) is 0. The predicted molar refractivity (Wildman–Crippen MR) is 110 cm³/mol. The molecule has 0 amide bonds. The molecule has 2 aromatic carbocycles. The van der Waals surface area contributed by atoms with Gasteiger partial charge in [0.1, 0.15) is 11.4 Å². The van der Waals surface area contributed by atoms with Gasteiger partial charge >= 0.3 is 12.0 Å². The van der Waals surface area contributed by atoms with E-state index in [9.17, 15) is 4.79 Å². The fourth-order valence-electron chi connectivity index (χ4n) is 2.63. The standard InChI is InChI=1S/C20H16N6O3S/c27-16(28)12-30-20-21-15(23-26-20)11-29-19-22-17(13-7-3-1-4-8-13)18(24-25-19)14-9-5-2-6-10-14/h1-10H,11-12H2,(H,27,28)(H,21,23,26). The fourth-order valence-corrected chi connectivity index (χ4v) is 3.16. The lowest BCUT2D eigenvalue weighted by Gasteiger charge is -2.09. The molecule has 2 N–H and O–H groups in total. The first kappa shape index (κ1) is 19.5. The molecule has 4 aromatic rings. The van der Waals surface area contributed by atoms with E-state index in [1.165, 1.54) is 0 Å². The number of carboxylic acids is 1. The van der Waals surface area contributed by atoms with Crippen LogP contribution >= 0.6 is 11.8 Å². The monoisotopic (exact) mass is 420 g/mol. The number of rotatable bonds is 8. The molecule has 0 fully saturated rings. The minimum absolute atomic E-state index is 0.0429. The first-order valence-corrected chi connectivity index (χ1v) is 9.92. The Balaban J connectivity index is 1.55. The largest absolute Gasteiger partial charge is 0.481 e. The molecule has 0 aliphatic rings. The Bertz CT molecular complexity index is 1140. The zero-order valence-corrected chi connectivity index (χ0v) is 16.4. The van der Waals surface area contributed by atoms with Crippen molar-refractivity contribution in [2.75, 3.05) is 5.75 Å². The highest BCUT2D eigenvalue weighted by atomic mass is 32.2. The Morgan fingerprint density at radius 1 is 0.933 bits per heavy atom. The predicted octanol–water partition coefficient (Wildman–Crippen LogP) is 3.08. The minimum atomic E-state index is -0.936. The van der Waals surface area contributed by atoms with Gasteiger partial charge in [-0.3, -0.25) is 9.89 Å². The number of H-pyrrole nitrogens is 1. The second-order valence-corrected chi connectivity index (χ2v) is 7.00. The summed E-state index contributed by atoms with van der Waals surface area (Å²) in [5.41, 5.74) is 3.10. The summed E-state index contributed by atoms with van der Waals surface area (Å²) in [4.78, 5) is 19.4. The Labute approximate surface area is 175 Å². The van der Waals surface area contributed by atoms with Crippen molar-refractivity contribution in [3.63, 3.8) is 0 Å². The summed E-state index contributed by atoms with van der Waals surface area (Å²) in [5, 5.41) is 24.1. The van der Waals surface area contributed by atoms with Gasteiger partial charge in [-0.05, 0) is 0 Å². The number of aromatic nitrogens is 6. The molecule has 0 saturated carbocycles. The van der Waals surface area contributed by atoms with E-state index < -0.39 is 5.97 Å². The summed E-state index contributed by atoms with van der Waals surface area (Å²) in [7, 11) is 0. The maximum Gasteiger partial charge on any atom is 0.336 e. The summed E-state index contributed by atoms with van der Waals surface area (Å²) in [5.74, 6) is -0.624. The minimum Gasteiger partial charge on any atom is -0.481 e. The van der Waals surface area contributed by atoms with E-state index in [1.54, 1.807) is 0 Å². The van der Waals surface area contributed by atoms with E-state index in [4.69, 9.17) is 9.84 Å². The molecule has 0 bridgehead atoms. The van der Waals surface area contributed by atoms with Crippen molar-refractivity contribution in [2.24, 2.45) is 0 Å². The van der Waals surface area contributed by atoms with Gasteiger partial charge in [0, 0.05) is 11.1 Å². The average molecular weight is 420 g/mol. The van der Waals surface area contributed by atoms with E-state index in [-0.39, 0.29) is 18.4 Å². The number of hydrogen-bond acceptors (Lipinski definition) is 8. The molecular weight excluding hydrogens is 404 g/mol. The third-order valence-electron chi connectivity index (χ3n) is 3.94. The van der Waals surface area contributed by atoms with E-state index in [0.717, 1.165) is 22.9 Å². The summed E-state index contributed by atoms with van der Waals surface area (Å²) in [6.45, 7) is 0.0429. The molecule has 0 spiro atoms. The molecule has 0 unspecified atom stereocenters. The van der Waals surface area contributed by atoms with Crippen LogP contribution in [-0.4, -0.2) is 47.2 Å². The topological polar surface area (TPSA) is 127 Å². The molecule has 0 radical (unpaired) electrons. The van der Waals surface area contributed by atoms with E-state index in [0.29, 0.717) is 22.4 Å². The van der Waals surface area contributed by atoms with Gasteiger partial charge in [0.15, 0.2) is 12.4 Å². The van der Waals surface area contributed by atoms with E-state index >= 15 is 0 Å². The third kappa shape index (κ3) is 4.78. The van der Waals surface area contributed by atoms with Gasteiger partial charge in [-0.1, -0.05) is 77.5 Å². The number of hydrogen-bond donors (Lipinski definition) is 2. The maximum atomic E-state index is 10.6. The van der Waals surface area contributed by atoms with Crippen molar-refractivity contribution in [1.82, 2.24) is 30.4 Å². The lowest BCUT2D eigenvalue weighted by atomic mass is 10.0. The average Bonchev–Trinajstić information content (AvgIpc) is 3.25. The molecule has 10 heteroatoms. The number of nitrogens with one attached hydrogen (secondary N) is 1. The normalized spacial score (nSPS) is 10.7. The number of aliphatic carboxylic acids is 1. The van der Waals surface area contributed by atoms with E-state index in [1.807, 2.05) is 60.7 Å². The van der Waals surface area contributed by atoms with Crippen LogP contribution in [0.3, 0.4) is 0 Å². The van der Waals surface area contributed by atoms with Gasteiger partial charge in [-0.2, -0.15) is 4.98 Å². The number of carbonyl (C=O) groups is 1. The van der Waals surface area contributed by atoms with Gasteiger partial charge < -0.3 is 9.84 Å². The zero-order chi connectivity index (χ0) is 20.8. The SMILES string of the molecule is O=C(O)CSc1n[nH]c(COc2nnc(-c3ccccc3)c(-c3ccccc3)n2)n1. The summed E-state index contributed by atoms with van der Waals surface area (Å²) >= 11 is 1.02. The van der Waals surface area contributed by atoms with Gasteiger partial charge in [-0.15, -0.1) is 10.2 Å². The van der Waals surface area contributed by atoms with Crippen molar-refractivity contribution in [3.8, 4) is 28.5 Å². The number of thioether (sulfide) groups is 1. The molecule has 0 atom stereocenters. The molecule has 150 valence electrons. The maximum absolute atomic E-state index is 10.6. The summed E-state index contributed by atoms with van der Waals surface area (Å²) < 4.78 is 5.64. The van der Waals surface area contributed by atoms with Crippen LogP contribution in [0, 0.1) is 0 Å². The Morgan fingerprint density at radius 3 is 2.27 bits per heavy atom. The van der Waals surface area contributed by atoms with Crippen molar-refractivity contribution in [3.05, 3.63) is 66.5 Å². The molecular formula is C20H16N6O3S. The van der Waals surface area contributed by atoms with Gasteiger partial charge in [-0.25, -0.2) is 4.98 Å². The molecule has 30 heavy (non-hydrogen) atoms. The summed E-state index contributed by atoms with van der Waals surface area (Å²) in [6, 6.07) is 19.5. The highest BCUT2D eigenvalue weighted by molar-refractivity contribution is 7.99. The van der Waals surface area contributed by atoms with Crippen molar-refractivity contribution >= 4 is 17.7 Å². The quantitative estimate of drug-likeness (QED) is 0.413. The van der Waals surface area contributed by atoms with Gasteiger partial charge in [0.05, 0.1) is 5.75 Å². The lowest BCUT2D eigenvalue weighted by Crippen LogP contribution is -2.05. The van der Waals surface area contributed by atoms with Crippen molar-refractivity contribution < 1.29 is 14.6 Å². The Morgan fingerprint density at radius 2 is 1.60 bits per heavy atom. The van der Waals surface area contributed by atoms with Crippen molar-refractivity contribution in [2.45, 2.75) is 11.8 Å². The first-order valence-electron chi connectivity index (χ1n) is 8.93. The molecule has 0 saturated heterocycles. The molecule has 0 aliphatic carbocycles. The molecule has 9 nitrogen and oxygen atoms in total. The number of ether oxygens (including phenoxy) is 1. The Kier molecular flexibility index (Phi) is 5.95. The highest BCUT2D eigenvalue weighted by Crippen LogP contribution is 2.29. The number of carboxylic acid groups (broad SMARTS) is 1. The zero-order valence-electron chi connectivity index (χ0n) is 15.6. The first-order chi connectivity index (χ1) is 14.7. The molecule has 4 rings (SSSR count). The van der Waals surface area contributed by atoms with E-state index in [2.05, 4.69) is 30.4 Å². The van der Waals surface area contributed by atoms with Gasteiger partial charge in [0.2, 0.25) is 5.16 Å². The molecule has 2 heterocycles. The second-order valence-electron chi connectivity index (χ2n) is 6.06. The van der Waals surface area contributed by atoms with Crippen molar-refractivity contribution in [1.29, 1.82) is 0 Å². The smallest absolute Gasteiger partial charge is 0.336 e. The highest BCUT2D eigenvalue weighted by Gasteiger charge is 2.15. The van der Waals surface area contributed by atoms with Crippen LogP contribution in [0.15, 0.2) is 65.8 Å². The van der Waals surface area contributed by atoms with Crippen LogP contribution < -0.4 is 4.74 Å². The molecule has 0 aliphatic heterocycles. The van der Waals surface area contributed by atoms with Crippen LogP contribution in [-0.2, 0) is 11.4 Å². The van der Waals surface area contributed by atoms with Crippen LogP contribution in [0.2, 0.25) is 0 Å². The molecule has 2 aromatic heterocycles. The number of nitrogens with zero attached hydrogens (tertiary/aromatic N) is 5. The van der Waals surface area contributed by atoms with Crippen LogP contribution in [0.5, 0.6) is 6.01 Å². The van der Waals surface area contributed by atoms with Crippen LogP contribution in [0.4, 0.5) is 0 Å². The third-order valence-corrected chi connectivity index (χ3v) is 4.77. The number of benzene rings is 2. The van der Waals surface area contributed by atoms with Crippen LogP contribution in [0.1, 0.15) is 5.82 Å². The fraction of sp³-hybridized carbons (Fsp3) is 0.100. The van der Waals surface area contributed by atoms with Crippen LogP contribution in [0.25, 0.3) is 22.5 Å². The second kappa shape index (κ2) is 9.14. The van der Waals surface area contributed by atoms with Gasteiger partial charge in [0.25, 0.3) is 0 Å².